The zero-order valence-electron chi connectivity index (χ0n) is 13.1. The van der Waals surface area contributed by atoms with Gasteiger partial charge in [0.25, 0.3) is 5.56 Å². The van der Waals surface area contributed by atoms with Gasteiger partial charge in [0.15, 0.2) is 0 Å². The van der Waals surface area contributed by atoms with Crippen molar-refractivity contribution < 1.29 is 0 Å². The quantitative estimate of drug-likeness (QED) is 0.807. The van der Waals surface area contributed by atoms with Gasteiger partial charge in [-0.1, -0.05) is 24.3 Å². The van der Waals surface area contributed by atoms with E-state index in [1.807, 2.05) is 25.2 Å². The molecule has 1 heterocycles. The minimum Gasteiger partial charge on any atom is -0.367 e. The summed E-state index contributed by atoms with van der Waals surface area (Å²) in [5.74, 6) is 0.673. The highest BCUT2D eigenvalue weighted by Gasteiger charge is 2.09. The molecule has 0 atom stereocenters. The molecule has 0 amide bonds. The Hall–Kier alpha value is -2.62. The van der Waals surface area contributed by atoms with E-state index in [1.54, 1.807) is 6.07 Å². The van der Waals surface area contributed by atoms with Gasteiger partial charge < -0.3 is 9.88 Å². The first-order chi connectivity index (χ1) is 10.5. The molecule has 0 saturated carbocycles. The Morgan fingerprint density at radius 1 is 1.14 bits per heavy atom. The van der Waals surface area contributed by atoms with Crippen LogP contribution >= 0.6 is 0 Å². The number of nitrogens with one attached hydrogen (secondary N) is 1. The highest BCUT2D eigenvalue weighted by molar-refractivity contribution is 5.77. The van der Waals surface area contributed by atoms with E-state index in [0.29, 0.717) is 17.8 Å². The molecule has 0 bridgehead atoms. The van der Waals surface area contributed by atoms with Crippen molar-refractivity contribution in [2.45, 2.75) is 20.4 Å². The van der Waals surface area contributed by atoms with Crippen LogP contribution in [0.1, 0.15) is 17.0 Å². The summed E-state index contributed by atoms with van der Waals surface area (Å²) in [6.07, 6.45) is 0. The van der Waals surface area contributed by atoms with Gasteiger partial charge in [0.1, 0.15) is 5.82 Å². The predicted octanol–water partition coefficient (Wildman–Crippen LogP) is 3.18. The minimum absolute atomic E-state index is 0.0880. The Morgan fingerprint density at radius 3 is 2.73 bits per heavy atom. The van der Waals surface area contributed by atoms with Crippen LogP contribution in [0, 0.1) is 13.8 Å². The number of hydrogen-bond donors (Lipinski definition) is 1. The topological polar surface area (TPSA) is 49.0 Å². The molecule has 0 radical (unpaired) electrons. The minimum atomic E-state index is -0.0880. The van der Waals surface area contributed by atoms with Crippen LogP contribution in [0.4, 0.5) is 5.69 Å². The third kappa shape index (κ3) is 2.72. The summed E-state index contributed by atoms with van der Waals surface area (Å²) >= 11 is 0. The van der Waals surface area contributed by atoms with Crippen LogP contribution in [0.15, 0.2) is 47.3 Å². The normalized spacial score (nSPS) is 10.9. The molecule has 0 fully saturated rings. The van der Waals surface area contributed by atoms with Gasteiger partial charge in [-0.05, 0) is 43.2 Å². The molecule has 0 aliphatic heterocycles. The molecule has 22 heavy (non-hydrogen) atoms. The Morgan fingerprint density at radius 2 is 1.91 bits per heavy atom. The van der Waals surface area contributed by atoms with Gasteiger partial charge in [-0.25, -0.2) is 4.98 Å². The molecular formula is C18H19N3O. The van der Waals surface area contributed by atoms with Crippen LogP contribution in [0.25, 0.3) is 10.9 Å². The summed E-state index contributed by atoms with van der Waals surface area (Å²) in [4.78, 5) is 21.7. The molecule has 4 nitrogen and oxygen atoms in total. The second-order valence-electron chi connectivity index (χ2n) is 5.68. The molecular weight excluding hydrogens is 274 g/mol. The molecule has 1 N–H and O–H groups in total. The standard InChI is InChI=1S/C18H19N3O/c1-12-8-9-13(2)16(10-12)21(3)11-17-19-15-7-5-4-6-14(15)18(22)20-17/h4-10H,11H2,1-3H3,(H,19,20,22). The van der Waals surface area contributed by atoms with E-state index < -0.39 is 0 Å². The van der Waals surface area contributed by atoms with Crippen molar-refractivity contribution in [3.05, 3.63) is 69.8 Å². The molecule has 0 saturated heterocycles. The van der Waals surface area contributed by atoms with E-state index in [9.17, 15) is 4.79 Å². The zero-order chi connectivity index (χ0) is 15.7. The summed E-state index contributed by atoms with van der Waals surface area (Å²) in [5, 5.41) is 0.626. The first-order valence-electron chi connectivity index (χ1n) is 7.31. The lowest BCUT2D eigenvalue weighted by molar-refractivity contribution is 0.837. The number of H-pyrrole nitrogens is 1. The summed E-state index contributed by atoms with van der Waals surface area (Å²) in [7, 11) is 2.01. The Labute approximate surface area is 129 Å². The first kappa shape index (κ1) is 14.3. The lowest BCUT2D eigenvalue weighted by atomic mass is 10.1. The summed E-state index contributed by atoms with van der Waals surface area (Å²) in [6.45, 7) is 4.72. The molecule has 0 aliphatic carbocycles. The van der Waals surface area contributed by atoms with Crippen LogP contribution in [0.3, 0.4) is 0 Å². The third-order valence-electron chi connectivity index (χ3n) is 3.82. The number of aryl methyl sites for hydroxylation is 2. The van der Waals surface area contributed by atoms with E-state index in [-0.39, 0.29) is 5.56 Å². The third-order valence-corrected chi connectivity index (χ3v) is 3.82. The first-order valence-corrected chi connectivity index (χ1v) is 7.31. The summed E-state index contributed by atoms with van der Waals surface area (Å²) in [5.41, 5.74) is 4.21. The Balaban J connectivity index is 1.96. The Bertz CT molecular complexity index is 883. The SMILES string of the molecule is Cc1ccc(C)c(N(C)Cc2nc3ccccc3c(=O)[nH]2)c1. The van der Waals surface area contributed by atoms with Crippen molar-refractivity contribution >= 4 is 16.6 Å². The largest absolute Gasteiger partial charge is 0.367 e. The number of fused-ring (bicyclic) bond motifs is 1. The maximum atomic E-state index is 12.1. The smallest absolute Gasteiger partial charge is 0.258 e. The average molecular weight is 293 g/mol. The second kappa shape index (κ2) is 5.64. The van der Waals surface area contributed by atoms with Crippen molar-refractivity contribution in [2.75, 3.05) is 11.9 Å². The fraction of sp³-hybridized carbons (Fsp3) is 0.222. The predicted molar refractivity (Wildman–Crippen MR) is 90.4 cm³/mol. The van der Waals surface area contributed by atoms with E-state index in [4.69, 9.17) is 0 Å². The Kier molecular flexibility index (Phi) is 3.67. The molecule has 3 rings (SSSR count). The fourth-order valence-corrected chi connectivity index (χ4v) is 2.65. The molecule has 112 valence electrons. The monoisotopic (exact) mass is 293 g/mol. The second-order valence-corrected chi connectivity index (χ2v) is 5.68. The van der Waals surface area contributed by atoms with Gasteiger partial charge in [-0.15, -0.1) is 0 Å². The number of aromatic amines is 1. The number of benzene rings is 2. The van der Waals surface area contributed by atoms with Gasteiger partial charge >= 0.3 is 0 Å². The van der Waals surface area contributed by atoms with Gasteiger partial charge in [0, 0.05) is 12.7 Å². The van der Waals surface area contributed by atoms with Crippen molar-refractivity contribution in [2.24, 2.45) is 0 Å². The molecule has 0 aliphatic rings. The maximum absolute atomic E-state index is 12.1. The number of hydrogen-bond acceptors (Lipinski definition) is 3. The van der Waals surface area contributed by atoms with Crippen LogP contribution in [0.5, 0.6) is 0 Å². The summed E-state index contributed by atoms with van der Waals surface area (Å²) < 4.78 is 0. The molecule has 2 aromatic carbocycles. The van der Waals surface area contributed by atoms with E-state index in [0.717, 1.165) is 11.2 Å². The van der Waals surface area contributed by atoms with E-state index in [2.05, 4.69) is 46.9 Å². The average Bonchev–Trinajstić information content (AvgIpc) is 2.49. The number of para-hydroxylation sites is 1. The summed E-state index contributed by atoms with van der Waals surface area (Å²) in [6, 6.07) is 13.8. The highest BCUT2D eigenvalue weighted by Crippen LogP contribution is 2.21. The molecule has 4 heteroatoms. The van der Waals surface area contributed by atoms with Crippen LogP contribution in [0.2, 0.25) is 0 Å². The molecule has 3 aromatic rings. The molecule has 0 unspecified atom stereocenters. The van der Waals surface area contributed by atoms with Gasteiger partial charge in [-0.2, -0.15) is 0 Å². The van der Waals surface area contributed by atoms with Crippen molar-refractivity contribution in [1.29, 1.82) is 0 Å². The van der Waals surface area contributed by atoms with Gasteiger partial charge in [0.05, 0.1) is 17.4 Å². The number of aromatic nitrogens is 2. The van der Waals surface area contributed by atoms with Crippen molar-refractivity contribution in [1.82, 2.24) is 9.97 Å². The van der Waals surface area contributed by atoms with Crippen LogP contribution < -0.4 is 10.5 Å². The number of anilines is 1. The van der Waals surface area contributed by atoms with Crippen LogP contribution in [-0.2, 0) is 6.54 Å². The number of nitrogens with zero attached hydrogens (tertiary/aromatic N) is 2. The van der Waals surface area contributed by atoms with Gasteiger partial charge in [-0.3, -0.25) is 4.79 Å². The lowest BCUT2D eigenvalue weighted by Crippen LogP contribution is -2.22. The maximum Gasteiger partial charge on any atom is 0.258 e. The molecule has 1 aromatic heterocycles. The van der Waals surface area contributed by atoms with Crippen molar-refractivity contribution in [3.8, 4) is 0 Å². The van der Waals surface area contributed by atoms with Crippen LogP contribution in [-0.4, -0.2) is 17.0 Å². The van der Waals surface area contributed by atoms with Crippen molar-refractivity contribution in [3.63, 3.8) is 0 Å². The zero-order valence-corrected chi connectivity index (χ0v) is 13.1. The van der Waals surface area contributed by atoms with E-state index in [1.165, 1.54) is 11.1 Å². The van der Waals surface area contributed by atoms with E-state index >= 15 is 0 Å². The number of rotatable bonds is 3. The fourth-order valence-electron chi connectivity index (χ4n) is 2.65. The van der Waals surface area contributed by atoms with Gasteiger partial charge in [0.2, 0.25) is 0 Å². The highest BCUT2D eigenvalue weighted by atomic mass is 16.1. The molecule has 0 spiro atoms. The lowest BCUT2D eigenvalue weighted by Gasteiger charge is -2.21.